The maximum absolute atomic E-state index is 10.2. The Hall–Kier alpha value is -1.58. The molecule has 10 heavy (non-hydrogen) atoms. The van der Waals surface area contributed by atoms with Gasteiger partial charge < -0.3 is 10.2 Å². The third-order valence-corrected chi connectivity index (χ3v) is 0.936. The molecule has 0 saturated carbocycles. The van der Waals surface area contributed by atoms with Crippen LogP contribution >= 0.6 is 0 Å². The molecule has 1 aromatic heterocycles. The number of aromatic hydroxyl groups is 1. The fourth-order valence-corrected chi connectivity index (χ4v) is 0.515. The Kier molecular flexibility index (Phi) is 1.53. The first kappa shape index (κ1) is 6.54. The van der Waals surface area contributed by atoms with Gasteiger partial charge in [0.1, 0.15) is 5.56 Å². The summed E-state index contributed by atoms with van der Waals surface area (Å²) in [5, 5.41) is 17.1. The predicted octanol–water partition coefficient (Wildman–Crippen LogP) is 0.286. The van der Waals surface area contributed by atoms with Crippen molar-refractivity contribution in [2.24, 2.45) is 0 Å². The highest BCUT2D eigenvalue weighted by Crippen LogP contribution is 2.09. The van der Waals surface area contributed by atoms with Crippen molar-refractivity contribution in [2.75, 3.05) is 0 Å². The van der Waals surface area contributed by atoms with Gasteiger partial charge in [0.05, 0.1) is 0 Å². The lowest BCUT2D eigenvalue weighted by molar-refractivity contribution is 0.0692. The number of carboxylic acids is 1. The average Bonchev–Trinajstić information content (AvgIpc) is 1.88. The van der Waals surface area contributed by atoms with Crippen LogP contribution in [0.15, 0.2) is 12.3 Å². The van der Waals surface area contributed by atoms with E-state index in [1.807, 2.05) is 0 Å². The van der Waals surface area contributed by atoms with E-state index in [1.165, 1.54) is 12.3 Å². The van der Waals surface area contributed by atoms with Crippen LogP contribution in [0, 0.1) is 6.07 Å². The zero-order valence-corrected chi connectivity index (χ0v) is 4.90. The van der Waals surface area contributed by atoms with Crippen LogP contribution in [0.4, 0.5) is 0 Å². The smallest absolute Gasteiger partial charge is 0.341 e. The molecule has 0 bridgehead atoms. The van der Waals surface area contributed by atoms with Crippen LogP contribution in [0.2, 0.25) is 0 Å². The molecule has 0 saturated heterocycles. The van der Waals surface area contributed by atoms with Crippen LogP contribution in [0.3, 0.4) is 0 Å². The van der Waals surface area contributed by atoms with E-state index in [0.717, 1.165) is 0 Å². The molecule has 0 aliphatic heterocycles. The van der Waals surface area contributed by atoms with Crippen LogP contribution in [0.25, 0.3) is 0 Å². The minimum atomic E-state index is -1.23. The van der Waals surface area contributed by atoms with Crippen LogP contribution < -0.4 is 0 Å². The summed E-state index contributed by atoms with van der Waals surface area (Å²) in [6, 6.07) is 3.65. The molecule has 2 N–H and O–H groups in total. The lowest BCUT2D eigenvalue weighted by Gasteiger charge is -1.93. The Morgan fingerprint density at radius 3 is 2.80 bits per heavy atom. The van der Waals surface area contributed by atoms with E-state index in [-0.39, 0.29) is 5.56 Å². The van der Waals surface area contributed by atoms with Gasteiger partial charge in [0.25, 0.3) is 0 Å². The van der Waals surface area contributed by atoms with Crippen molar-refractivity contribution in [2.45, 2.75) is 0 Å². The molecule has 0 atom stereocenters. The maximum atomic E-state index is 10.2. The molecule has 1 radical (unpaired) electrons. The number of pyridine rings is 1. The largest absolute Gasteiger partial charge is 0.493 e. The van der Waals surface area contributed by atoms with E-state index in [9.17, 15) is 4.79 Å². The van der Waals surface area contributed by atoms with Gasteiger partial charge in [-0.3, -0.25) is 0 Å². The Balaban J connectivity index is 3.15. The van der Waals surface area contributed by atoms with Gasteiger partial charge >= 0.3 is 5.97 Å². The van der Waals surface area contributed by atoms with Gasteiger partial charge in [-0.05, 0) is 6.07 Å². The molecule has 1 heterocycles. The molecule has 4 nitrogen and oxygen atoms in total. The maximum Gasteiger partial charge on any atom is 0.341 e. The van der Waals surface area contributed by atoms with Gasteiger partial charge in [-0.2, -0.15) is 0 Å². The Morgan fingerprint density at radius 2 is 2.40 bits per heavy atom. The molecule has 0 unspecified atom stereocenters. The van der Waals surface area contributed by atoms with E-state index in [0.29, 0.717) is 0 Å². The number of rotatable bonds is 1. The summed E-state index contributed by atoms with van der Waals surface area (Å²) in [5.74, 6) is -1.74. The van der Waals surface area contributed by atoms with Gasteiger partial charge in [-0.1, -0.05) is 0 Å². The SMILES string of the molecule is O=C(O)c1[c]ccnc1O. The summed E-state index contributed by atoms with van der Waals surface area (Å²) in [6.45, 7) is 0. The van der Waals surface area contributed by atoms with E-state index < -0.39 is 11.8 Å². The minimum Gasteiger partial charge on any atom is -0.493 e. The molecule has 0 aromatic carbocycles. The molecule has 0 fully saturated rings. The number of carbonyl (C=O) groups is 1. The lowest BCUT2D eigenvalue weighted by atomic mass is 10.3. The third kappa shape index (κ3) is 1.05. The van der Waals surface area contributed by atoms with Crippen molar-refractivity contribution < 1.29 is 15.0 Å². The van der Waals surface area contributed by atoms with E-state index in [2.05, 4.69) is 11.1 Å². The molecule has 4 heteroatoms. The lowest BCUT2D eigenvalue weighted by Crippen LogP contribution is -1.97. The number of hydrogen-bond acceptors (Lipinski definition) is 3. The Labute approximate surface area is 56.8 Å². The van der Waals surface area contributed by atoms with Crippen molar-refractivity contribution in [1.82, 2.24) is 4.98 Å². The highest BCUT2D eigenvalue weighted by molar-refractivity contribution is 5.89. The summed E-state index contributed by atoms with van der Waals surface area (Å²) < 4.78 is 0. The summed E-state index contributed by atoms with van der Waals surface area (Å²) in [6.07, 6.45) is 1.27. The number of aromatic carboxylic acids is 1. The second-order valence-electron chi connectivity index (χ2n) is 1.59. The van der Waals surface area contributed by atoms with Crippen molar-refractivity contribution in [3.63, 3.8) is 0 Å². The fourth-order valence-electron chi connectivity index (χ4n) is 0.515. The molecule has 0 aliphatic carbocycles. The molecule has 51 valence electrons. The zero-order chi connectivity index (χ0) is 7.56. The van der Waals surface area contributed by atoms with Gasteiger partial charge in [0.2, 0.25) is 5.88 Å². The van der Waals surface area contributed by atoms with Crippen LogP contribution in [0.1, 0.15) is 10.4 Å². The molecule has 0 spiro atoms. The second kappa shape index (κ2) is 2.34. The normalized spacial score (nSPS) is 9.20. The fraction of sp³-hybridized carbons (Fsp3) is 0. The zero-order valence-electron chi connectivity index (χ0n) is 4.90. The number of carboxylic acid groups (broad SMARTS) is 1. The number of aromatic nitrogens is 1. The average molecular weight is 138 g/mol. The van der Waals surface area contributed by atoms with Crippen molar-refractivity contribution in [1.29, 1.82) is 0 Å². The Bertz CT molecular complexity index is 259. The second-order valence-corrected chi connectivity index (χ2v) is 1.59. The van der Waals surface area contributed by atoms with Crippen LogP contribution in [-0.4, -0.2) is 21.2 Å². The number of hydrogen-bond donors (Lipinski definition) is 2. The quantitative estimate of drug-likeness (QED) is 0.585. The predicted molar refractivity (Wildman–Crippen MR) is 31.7 cm³/mol. The summed E-state index contributed by atoms with van der Waals surface area (Å²) >= 11 is 0. The van der Waals surface area contributed by atoms with Gasteiger partial charge in [-0.25, -0.2) is 9.78 Å². The van der Waals surface area contributed by atoms with Crippen molar-refractivity contribution >= 4 is 5.97 Å². The topological polar surface area (TPSA) is 70.4 Å². The molecule has 1 aromatic rings. The molecular weight excluding hydrogens is 134 g/mol. The van der Waals surface area contributed by atoms with Crippen LogP contribution in [-0.2, 0) is 0 Å². The standard InChI is InChI=1S/C6H4NO3/c8-5-4(6(9)10)2-1-3-7-5/h1,3H,(H,7,8)(H,9,10). The minimum absolute atomic E-state index is 0.303. The molecule has 0 aliphatic rings. The third-order valence-electron chi connectivity index (χ3n) is 0.936. The van der Waals surface area contributed by atoms with E-state index in [4.69, 9.17) is 10.2 Å². The van der Waals surface area contributed by atoms with E-state index in [1.54, 1.807) is 0 Å². The highest BCUT2D eigenvalue weighted by atomic mass is 16.4. The molecule has 0 amide bonds. The monoisotopic (exact) mass is 138 g/mol. The van der Waals surface area contributed by atoms with Gasteiger partial charge in [-0.15, -0.1) is 0 Å². The first-order valence-corrected chi connectivity index (χ1v) is 2.51. The molecule has 1 rings (SSSR count). The summed E-state index contributed by atoms with van der Waals surface area (Å²) in [4.78, 5) is 13.5. The first-order chi connectivity index (χ1) is 4.72. The van der Waals surface area contributed by atoms with Gasteiger partial charge in [0.15, 0.2) is 0 Å². The summed E-state index contributed by atoms with van der Waals surface area (Å²) in [7, 11) is 0. The summed E-state index contributed by atoms with van der Waals surface area (Å²) in [5.41, 5.74) is -0.303. The highest BCUT2D eigenvalue weighted by Gasteiger charge is 2.08. The van der Waals surface area contributed by atoms with Crippen molar-refractivity contribution in [3.05, 3.63) is 23.9 Å². The number of nitrogens with zero attached hydrogens (tertiary/aromatic N) is 1. The first-order valence-electron chi connectivity index (χ1n) is 2.51. The van der Waals surface area contributed by atoms with Crippen LogP contribution in [0.5, 0.6) is 5.88 Å². The Morgan fingerprint density at radius 1 is 1.70 bits per heavy atom. The van der Waals surface area contributed by atoms with E-state index >= 15 is 0 Å². The molecular formula is C6H4NO3. The van der Waals surface area contributed by atoms with Gasteiger partial charge in [0, 0.05) is 12.3 Å². The van der Waals surface area contributed by atoms with Crippen molar-refractivity contribution in [3.8, 4) is 5.88 Å².